The zero-order chi connectivity index (χ0) is 26.2. The topological polar surface area (TPSA) is 119 Å². The van der Waals surface area contributed by atoms with E-state index in [0.717, 1.165) is 67.9 Å². The average molecular weight is 534 g/mol. The van der Waals surface area contributed by atoms with Crippen LogP contribution in [-0.4, -0.2) is 94.2 Å². The van der Waals surface area contributed by atoms with E-state index in [1.807, 2.05) is 17.0 Å². The lowest BCUT2D eigenvalue weighted by Gasteiger charge is -2.34. The summed E-state index contributed by atoms with van der Waals surface area (Å²) in [6.45, 7) is 4.51. The van der Waals surface area contributed by atoms with Gasteiger partial charge in [0.1, 0.15) is 18.1 Å². The fourth-order valence-electron chi connectivity index (χ4n) is 6.04. The maximum absolute atomic E-state index is 13.6. The SMILES string of the molecule is O=C(c1cc(N2CCC(c3n[nH]c4ncccc34)CC2)nc(OC[C@H]2CCCO2)n1)N1CCOC(C2CC2)C1. The summed E-state index contributed by atoms with van der Waals surface area (Å²) in [5.74, 6) is 1.57. The fraction of sp³-hybridized carbons (Fsp3) is 0.607. The number of piperidine rings is 1. The zero-order valence-electron chi connectivity index (χ0n) is 22.1. The van der Waals surface area contributed by atoms with Crippen LogP contribution in [0.2, 0.25) is 0 Å². The number of H-pyrrole nitrogens is 1. The number of anilines is 1. The Morgan fingerprint density at radius 1 is 1.08 bits per heavy atom. The van der Waals surface area contributed by atoms with E-state index in [-0.39, 0.29) is 24.1 Å². The molecule has 0 bridgehead atoms. The number of ether oxygens (including phenoxy) is 3. The molecular weight excluding hydrogens is 498 g/mol. The van der Waals surface area contributed by atoms with Crippen LogP contribution in [0.1, 0.15) is 60.6 Å². The van der Waals surface area contributed by atoms with Gasteiger partial charge in [0.25, 0.3) is 5.91 Å². The zero-order valence-corrected chi connectivity index (χ0v) is 22.1. The summed E-state index contributed by atoms with van der Waals surface area (Å²) in [6.07, 6.45) is 8.19. The number of aromatic amines is 1. The monoisotopic (exact) mass is 533 g/mol. The van der Waals surface area contributed by atoms with E-state index in [1.165, 1.54) is 12.8 Å². The van der Waals surface area contributed by atoms with Gasteiger partial charge >= 0.3 is 6.01 Å². The Hall–Kier alpha value is -3.31. The molecule has 3 aromatic rings. The normalized spacial score (nSPS) is 24.4. The Balaban J connectivity index is 1.09. The molecule has 206 valence electrons. The van der Waals surface area contributed by atoms with Crippen LogP contribution in [0, 0.1) is 5.92 Å². The molecule has 11 nitrogen and oxygen atoms in total. The molecule has 0 aromatic carbocycles. The predicted molar refractivity (Wildman–Crippen MR) is 143 cm³/mol. The van der Waals surface area contributed by atoms with Gasteiger partial charge in [0.2, 0.25) is 0 Å². The van der Waals surface area contributed by atoms with Crippen molar-refractivity contribution in [2.45, 2.75) is 56.7 Å². The van der Waals surface area contributed by atoms with E-state index < -0.39 is 0 Å². The number of hydrogen-bond acceptors (Lipinski definition) is 9. The van der Waals surface area contributed by atoms with Crippen LogP contribution in [0.5, 0.6) is 6.01 Å². The molecule has 4 fully saturated rings. The lowest BCUT2D eigenvalue weighted by Crippen LogP contribution is -2.46. The van der Waals surface area contributed by atoms with E-state index in [4.69, 9.17) is 19.2 Å². The van der Waals surface area contributed by atoms with Gasteiger partial charge in [-0.2, -0.15) is 15.1 Å². The maximum atomic E-state index is 13.6. The van der Waals surface area contributed by atoms with Gasteiger partial charge in [0.15, 0.2) is 5.65 Å². The number of pyridine rings is 1. The molecule has 7 rings (SSSR count). The number of carbonyl (C=O) groups excluding carboxylic acids is 1. The second kappa shape index (κ2) is 10.7. The summed E-state index contributed by atoms with van der Waals surface area (Å²) in [4.78, 5) is 31.4. The molecule has 39 heavy (non-hydrogen) atoms. The summed E-state index contributed by atoms with van der Waals surface area (Å²) >= 11 is 0. The second-order valence-electron chi connectivity index (χ2n) is 11.1. The smallest absolute Gasteiger partial charge is 0.319 e. The first-order valence-corrected chi connectivity index (χ1v) is 14.3. The van der Waals surface area contributed by atoms with E-state index in [1.54, 1.807) is 6.20 Å². The largest absolute Gasteiger partial charge is 0.461 e. The van der Waals surface area contributed by atoms with Crippen molar-refractivity contribution in [3.05, 3.63) is 35.8 Å². The molecule has 1 aliphatic carbocycles. The third kappa shape index (κ3) is 5.29. The van der Waals surface area contributed by atoms with Crippen molar-refractivity contribution in [3.63, 3.8) is 0 Å². The molecule has 1 unspecified atom stereocenters. The van der Waals surface area contributed by atoms with E-state index in [9.17, 15) is 4.79 Å². The van der Waals surface area contributed by atoms with Crippen LogP contribution in [0.4, 0.5) is 5.82 Å². The van der Waals surface area contributed by atoms with Gasteiger partial charge < -0.3 is 24.0 Å². The van der Waals surface area contributed by atoms with Crippen LogP contribution >= 0.6 is 0 Å². The molecule has 2 atom stereocenters. The Labute approximate surface area is 227 Å². The van der Waals surface area contributed by atoms with Crippen molar-refractivity contribution < 1.29 is 19.0 Å². The Bertz CT molecular complexity index is 1310. The third-order valence-corrected chi connectivity index (χ3v) is 8.43. The molecule has 1 saturated carbocycles. The van der Waals surface area contributed by atoms with Crippen LogP contribution in [-0.2, 0) is 9.47 Å². The third-order valence-electron chi connectivity index (χ3n) is 8.43. The number of aromatic nitrogens is 5. The van der Waals surface area contributed by atoms with E-state index in [2.05, 4.69) is 31.1 Å². The van der Waals surface area contributed by atoms with Crippen molar-refractivity contribution in [1.82, 2.24) is 30.0 Å². The molecule has 3 aromatic heterocycles. The maximum Gasteiger partial charge on any atom is 0.319 e. The molecule has 3 aliphatic heterocycles. The van der Waals surface area contributed by atoms with Gasteiger partial charge in [-0.25, -0.2) is 4.98 Å². The molecule has 1 N–H and O–H groups in total. The van der Waals surface area contributed by atoms with E-state index >= 15 is 0 Å². The van der Waals surface area contributed by atoms with Crippen LogP contribution in [0.25, 0.3) is 11.0 Å². The first kappa shape index (κ1) is 24.7. The highest BCUT2D eigenvalue weighted by atomic mass is 16.5. The van der Waals surface area contributed by atoms with Gasteiger partial charge in [-0.15, -0.1) is 0 Å². The molecule has 6 heterocycles. The van der Waals surface area contributed by atoms with Gasteiger partial charge in [-0.05, 0) is 56.6 Å². The van der Waals surface area contributed by atoms with Gasteiger partial charge in [0, 0.05) is 56.4 Å². The number of carbonyl (C=O) groups is 1. The number of hydrogen-bond donors (Lipinski definition) is 1. The molecular formula is C28H35N7O4. The highest BCUT2D eigenvalue weighted by Crippen LogP contribution is 2.36. The Kier molecular flexibility index (Phi) is 6.77. The van der Waals surface area contributed by atoms with Crippen molar-refractivity contribution in [3.8, 4) is 6.01 Å². The Morgan fingerprint density at radius 2 is 1.97 bits per heavy atom. The van der Waals surface area contributed by atoms with Crippen molar-refractivity contribution in [1.29, 1.82) is 0 Å². The molecule has 4 aliphatic rings. The number of rotatable bonds is 7. The fourth-order valence-corrected chi connectivity index (χ4v) is 6.04. The minimum Gasteiger partial charge on any atom is -0.461 e. The van der Waals surface area contributed by atoms with Crippen molar-refractivity contribution in [2.75, 3.05) is 50.9 Å². The number of amides is 1. The highest BCUT2D eigenvalue weighted by molar-refractivity contribution is 5.93. The first-order chi connectivity index (χ1) is 19.2. The summed E-state index contributed by atoms with van der Waals surface area (Å²) < 4.78 is 17.7. The molecule has 0 radical (unpaired) electrons. The summed E-state index contributed by atoms with van der Waals surface area (Å²) in [5, 5.41) is 8.73. The average Bonchev–Trinajstić information content (AvgIpc) is 3.54. The lowest BCUT2D eigenvalue weighted by molar-refractivity contribution is -0.0315. The summed E-state index contributed by atoms with van der Waals surface area (Å²) in [6, 6.07) is 6.10. The van der Waals surface area contributed by atoms with Crippen molar-refractivity contribution in [2.24, 2.45) is 5.92 Å². The minimum atomic E-state index is -0.0834. The van der Waals surface area contributed by atoms with Gasteiger partial charge in [-0.1, -0.05) is 0 Å². The quantitative estimate of drug-likeness (QED) is 0.489. The number of nitrogens with one attached hydrogen (secondary N) is 1. The van der Waals surface area contributed by atoms with Gasteiger partial charge in [-0.3, -0.25) is 9.89 Å². The van der Waals surface area contributed by atoms with Crippen molar-refractivity contribution >= 4 is 22.8 Å². The minimum absolute atomic E-state index is 0.0452. The molecule has 1 amide bonds. The Morgan fingerprint density at radius 3 is 2.79 bits per heavy atom. The first-order valence-electron chi connectivity index (χ1n) is 14.3. The number of fused-ring (bicyclic) bond motifs is 1. The molecule has 0 spiro atoms. The predicted octanol–water partition coefficient (Wildman–Crippen LogP) is 2.94. The number of nitrogens with zero attached hydrogens (tertiary/aromatic N) is 6. The summed E-state index contributed by atoms with van der Waals surface area (Å²) in [5.41, 5.74) is 2.29. The highest BCUT2D eigenvalue weighted by Gasteiger charge is 2.37. The van der Waals surface area contributed by atoms with E-state index in [0.29, 0.717) is 43.8 Å². The second-order valence-corrected chi connectivity index (χ2v) is 11.1. The standard InChI is InChI=1S/C28H35N7O4/c36-27(35-12-14-38-23(16-35)18-5-6-18)22-15-24(31-28(30-22)39-17-20-3-2-13-37-20)34-10-7-19(8-11-34)25-21-4-1-9-29-26(21)33-32-25/h1,4,9,15,18-20,23H,2-3,5-8,10-14,16-17H2,(H,29,32,33)/t20-,23?/m1/s1. The summed E-state index contributed by atoms with van der Waals surface area (Å²) in [7, 11) is 0. The van der Waals surface area contributed by atoms with Crippen LogP contribution in [0.3, 0.4) is 0 Å². The van der Waals surface area contributed by atoms with Crippen LogP contribution in [0.15, 0.2) is 24.4 Å². The molecule has 3 saturated heterocycles. The lowest BCUT2D eigenvalue weighted by atomic mass is 9.92. The number of morpholine rings is 1. The van der Waals surface area contributed by atoms with Gasteiger partial charge in [0.05, 0.1) is 24.5 Å². The van der Waals surface area contributed by atoms with Crippen LogP contribution < -0.4 is 9.64 Å². The molecule has 11 heteroatoms.